The fourth-order valence-corrected chi connectivity index (χ4v) is 1.98. The molecule has 3 nitrogen and oxygen atoms in total. The van der Waals surface area contributed by atoms with Gasteiger partial charge in [0.05, 0.1) is 5.69 Å². The molecule has 0 amide bonds. The molecule has 0 saturated carbocycles. The second-order valence-electron chi connectivity index (χ2n) is 4.42. The molecule has 1 saturated heterocycles. The van der Waals surface area contributed by atoms with Crippen LogP contribution >= 0.6 is 0 Å². The largest absolute Gasteiger partial charge is 0.312 e. The van der Waals surface area contributed by atoms with Gasteiger partial charge in [-0.15, -0.1) is 0 Å². The van der Waals surface area contributed by atoms with Crippen LogP contribution in [0.5, 0.6) is 0 Å². The van der Waals surface area contributed by atoms with Crippen LogP contribution in [0.1, 0.15) is 18.2 Å². The Morgan fingerprint density at radius 3 is 3.07 bits per heavy atom. The van der Waals surface area contributed by atoms with Crippen molar-refractivity contribution in [2.45, 2.75) is 26.4 Å². The normalized spacial score (nSPS) is 22.9. The van der Waals surface area contributed by atoms with Crippen LogP contribution in [0.15, 0.2) is 18.3 Å². The lowest BCUT2D eigenvalue weighted by molar-refractivity contribution is 0.197. The van der Waals surface area contributed by atoms with E-state index < -0.39 is 0 Å². The summed E-state index contributed by atoms with van der Waals surface area (Å²) >= 11 is 0. The van der Waals surface area contributed by atoms with Gasteiger partial charge in [0.25, 0.3) is 0 Å². The van der Waals surface area contributed by atoms with Crippen molar-refractivity contribution < 1.29 is 0 Å². The van der Waals surface area contributed by atoms with Gasteiger partial charge >= 0.3 is 0 Å². The summed E-state index contributed by atoms with van der Waals surface area (Å²) in [5, 5.41) is 3.44. The van der Waals surface area contributed by atoms with E-state index in [0.29, 0.717) is 6.04 Å². The Kier molecular flexibility index (Phi) is 3.34. The van der Waals surface area contributed by atoms with E-state index in [-0.39, 0.29) is 0 Å². The predicted molar refractivity (Wildman–Crippen MR) is 61.7 cm³/mol. The van der Waals surface area contributed by atoms with Crippen molar-refractivity contribution in [2.75, 3.05) is 19.6 Å². The van der Waals surface area contributed by atoms with Gasteiger partial charge in [-0.05, 0) is 25.5 Å². The van der Waals surface area contributed by atoms with Gasteiger partial charge in [0.2, 0.25) is 0 Å². The monoisotopic (exact) mass is 205 g/mol. The van der Waals surface area contributed by atoms with Crippen molar-refractivity contribution in [2.24, 2.45) is 0 Å². The zero-order valence-electron chi connectivity index (χ0n) is 9.53. The van der Waals surface area contributed by atoms with Gasteiger partial charge in [0, 0.05) is 38.4 Å². The number of nitrogens with one attached hydrogen (secondary N) is 1. The van der Waals surface area contributed by atoms with E-state index in [1.807, 2.05) is 6.20 Å². The summed E-state index contributed by atoms with van der Waals surface area (Å²) in [4.78, 5) is 6.89. The molecule has 2 rings (SSSR count). The Morgan fingerprint density at radius 1 is 1.53 bits per heavy atom. The summed E-state index contributed by atoms with van der Waals surface area (Å²) < 4.78 is 0. The van der Waals surface area contributed by atoms with E-state index in [4.69, 9.17) is 0 Å². The summed E-state index contributed by atoms with van der Waals surface area (Å²) in [6.45, 7) is 8.62. The number of aryl methyl sites for hydroxylation is 1. The summed E-state index contributed by atoms with van der Waals surface area (Å²) in [6, 6.07) is 4.86. The van der Waals surface area contributed by atoms with Gasteiger partial charge in [-0.25, -0.2) is 0 Å². The van der Waals surface area contributed by atoms with E-state index in [1.165, 1.54) is 11.3 Å². The fourth-order valence-electron chi connectivity index (χ4n) is 1.98. The highest BCUT2D eigenvalue weighted by atomic mass is 15.2. The Balaban J connectivity index is 1.93. The first kappa shape index (κ1) is 10.6. The van der Waals surface area contributed by atoms with E-state index in [0.717, 1.165) is 26.2 Å². The van der Waals surface area contributed by atoms with Gasteiger partial charge in [-0.1, -0.05) is 6.07 Å². The van der Waals surface area contributed by atoms with Crippen LogP contribution in [0.2, 0.25) is 0 Å². The molecule has 0 aliphatic carbocycles. The third-order valence-electron chi connectivity index (χ3n) is 2.81. The maximum atomic E-state index is 4.44. The third kappa shape index (κ3) is 3.01. The molecule has 0 spiro atoms. The minimum Gasteiger partial charge on any atom is -0.312 e. The number of hydrogen-bond acceptors (Lipinski definition) is 3. The molecular weight excluding hydrogens is 186 g/mol. The quantitative estimate of drug-likeness (QED) is 0.786. The van der Waals surface area contributed by atoms with Crippen LogP contribution in [0.25, 0.3) is 0 Å². The molecule has 3 heteroatoms. The molecule has 82 valence electrons. The molecule has 1 aromatic rings. The molecule has 0 unspecified atom stereocenters. The molecule has 2 heterocycles. The zero-order valence-corrected chi connectivity index (χ0v) is 9.53. The van der Waals surface area contributed by atoms with Crippen molar-refractivity contribution in [3.63, 3.8) is 0 Å². The molecule has 1 N–H and O–H groups in total. The van der Waals surface area contributed by atoms with Gasteiger partial charge < -0.3 is 5.32 Å². The van der Waals surface area contributed by atoms with Crippen LogP contribution in [0, 0.1) is 6.92 Å². The molecule has 1 aliphatic rings. The minimum absolute atomic E-state index is 0.601. The summed E-state index contributed by atoms with van der Waals surface area (Å²) in [7, 11) is 0. The standard InChI is InChI=1S/C12H19N3/c1-10-3-4-12(14-7-10)9-15-6-5-13-11(2)8-15/h3-4,7,11,13H,5-6,8-9H2,1-2H3/t11-/m1/s1. The molecule has 1 aromatic heterocycles. The van der Waals surface area contributed by atoms with Crippen molar-refractivity contribution in [3.8, 4) is 0 Å². The number of nitrogens with zero attached hydrogens (tertiary/aromatic N) is 2. The smallest absolute Gasteiger partial charge is 0.0544 e. The second-order valence-corrected chi connectivity index (χ2v) is 4.42. The van der Waals surface area contributed by atoms with Crippen LogP contribution in [-0.2, 0) is 6.54 Å². The maximum absolute atomic E-state index is 4.44. The van der Waals surface area contributed by atoms with Gasteiger partial charge in [-0.2, -0.15) is 0 Å². The van der Waals surface area contributed by atoms with Gasteiger partial charge in [0.1, 0.15) is 0 Å². The first-order valence-electron chi connectivity index (χ1n) is 5.61. The van der Waals surface area contributed by atoms with E-state index >= 15 is 0 Å². The summed E-state index contributed by atoms with van der Waals surface area (Å²) in [5.41, 5.74) is 2.40. The maximum Gasteiger partial charge on any atom is 0.0544 e. The summed E-state index contributed by atoms with van der Waals surface area (Å²) in [5.74, 6) is 0. The van der Waals surface area contributed by atoms with E-state index in [1.54, 1.807) is 0 Å². The van der Waals surface area contributed by atoms with Crippen molar-refractivity contribution in [3.05, 3.63) is 29.6 Å². The molecule has 0 aromatic carbocycles. The predicted octanol–water partition coefficient (Wildman–Crippen LogP) is 1.18. The number of piperazine rings is 1. The van der Waals surface area contributed by atoms with Crippen molar-refractivity contribution in [1.82, 2.24) is 15.2 Å². The zero-order chi connectivity index (χ0) is 10.7. The van der Waals surface area contributed by atoms with Crippen molar-refractivity contribution in [1.29, 1.82) is 0 Å². The van der Waals surface area contributed by atoms with Crippen LogP contribution < -0.4 is 5.32 Å². The Morgan fingerprint density at radius 2 is 2.40 bits per heavy atom. The van der Waals surface area contributed by atoms with Crippen LogP contribution in [0.3, 0.4) is 0 Å². The molecule has 0 radical (unpaired) electrons. The lowest BCUT2D eigenvalue weighted by atomic mass is 10.2. The molecule has 0 bridgehead atoms. The Labute approximate surface area is 91.5 Å². The first-order valence-corrected chi connectivity index (χ1v) is 5.61. The number of pyridine rings is 1. The third-order valence-corrected chi connectivity index (χ3v) is 2.81. The highest BCUT2D eigenvalue weighted by Gasteiger charge is 2.15. The first-order chi connectivity index (χ1) is 7.24. The average molecular weight is 205 g/mol. The van der Waals surface area contributed by atoms with E-state index in [9.17, 15) is 0 Å². The van der Waals surface area contributed by atoms with Crippen LogP contribution in [0.4, 0.5) is 0 Å². The Bertz CT molecular complexity index is 307. The number of rotatable bonds is 2. The average Bonchev–Trinajstić information content (AvgIpc) is 2.22. The SMILES string of the molecule is Cc1ccc(CN2CCN[C@H](C)C2)nc1. The minimum atomic E-state index is 0.601. The number of hydrogen-bond donors (Lipinski definition) is 1. The lowest BCUT2D eigenvalue weighted by Gasteiger charge is -2.31. The molecular formula is C12H19N3. The van der Waals surface area contributed by atoms with E-state index in [2.05, 4.69) is 41.2 Å². The molecule has 1 aliphatic heterocycles. The van der Waals surface area contributed by atoms with Gasteiger partial charge in [0.15, 0.2) is 0 Å². The Hall–Kier alpha value is -0.930. The van der Waals surface area contributed by atoms with Crippen molar-refractivity contribution >= 4 is 0 Å². The lowest BCUT2D eigenvalue weighted by Crippen LogP contribution is -2.48. The summed E-state index contributed by atoms with van der Waals surface area (Å²) in [6.07, 6.45) is 1.95. The van der Waals surface area contributed by atoms with Crippen LogP contribution in [-0.4, -0.2) is 35.6 Å². The number of aromatic nitrogens is 1. The molecule has 15 heavy (non-hydrogen) atoms. The molecule has 1 fully saturated rings. The highest BCUT2D eigenvalue weighted by molar-refractivity contribution is 5.12. The second kappa shape index (κ2) is 4.73. The molecule has 1 atom stereocenters. The topological polar surface area (TPSA) is 28.2 Å². The van der Waals surface area contributed by atoms with Gasteiger partial charge in [-0.3, -0.25) is 9.88 Å². The highest BCUT2D eigenvalue weighted by Crippen LogP contribution is 2.06. The fraction of sp³-hybridized carbons (Fsp3) is 0.583.